The highest BCUT2D eigenvalue weighted by Crippen LogP contribution is 2.48. The van der Waals surface area contributed by atoms with Crippen LogP contribution < -0.4 is 5.32 Å². The summed E-state index contributed by atoms with van der Waals surface area (Å²) in [6.45, 7) is 2.11. The molecule has 5 nitrogen and oxygen atoms in total. The summed E-state index contributed by atoms with van der Waals surface area (Å²) in [4.78, 5) is 25.0. The fourth-order valence-corrected chi connectivity index (χ4v) is 5.87. The first-order valence-electron chi connectivity index (χ1n) is 12.2. The highest BCUT2D eigenvalue weighted by Gasteiger charge is 2.44. The third-order valence-electron chi connectivity index (χ3n) is 7.32. The molecule has 6 rings (SSSR count). The Morgan fingerprint density at radius 2 is 1.75 bits per heavy atom. The van der Waals surface area contributed by atoms with Crippen LogP contribution in [-0.4, -0.2) is 16.8 Å². The number of hydrogen-bond acceptors (Lipinski definition) is 5. The lowest BCUT2D eigenvalue weighted by Crippen LogP contribution is -2.14. The van der Waals surface area contributed by atoms with E-state index in [1.54, 1.807) is 0 Å². The normalized spacial score (nSPS) is 14.9. The van der Waals surface area contributed by atoms with Crippen molar-refractivity contribution in [3.63, 3.8) is 0 Å². The van der Waals surface area contributed by atoms with E-state index in [1.165, 1.54) is 33.8 Å². The second-order valence-electron chi connectivity index (χ2n) is 9.68. The van der Waals surface area contributed by atoms with E-state index in [1.807, 2.05) is 37.3 Å². The Bertz CT molecular complexity index is 1470. The van der Waals surface area contributed by atoms with Gasteiger partial charge in [-0.05, 0) is 89.2 Å². The van der Waals surface area contributed by atoms with Crippen molar-refractivity contribution in [1.29, 1.82) is 0 Å². The van der Waals surface area contributed by atoms with Gasteiger partial charge in [0.25, 0.3) is 0 Å². The van der Waals surface area contributed by atoms with Crippen molar-refractivity contribution in [2.75, 3.05) is 5.32 Å². The molecule has 0 saturated heterocycles. The molecule has 1 saturated carbocycles. The number of carbonyl (C=O) groups excluding carboxylic acids is 2. The fourth-order valence-electron chi connectivity index (χ4n) is 5.03. The number of anilines is 1. The first-order valence-corrected chi connectivity index (χ1v) is 13.0. The summed E-state index contributed by atoms with van der Waals surface area (Å²) in [5, 5.41) is 2.91. The molecule has 1 amide bonds. The molecular weight excluding hydrogens is 468 g/mol. The molecule has 0 radical (unpaired) electrons. The number of fused-ring (bicyclic) bond motifs is 3. The molecule has 180 valence electrons. The molecule has 2 aliphatic rings. The Hall–Kier alpha value is -3.77. The average molecular weight is 495 g/mol. The van der Waals surface area contributed by atoms with Gasteiger partial charge in [-0.15, -0.1) is 0 Å². The molecule has 1 fully saturated rings. The topological polar surface area (TPSA) is 68.3 Å². The number of aryl methyl sites for hydroxylation is 3. The smallest absolute Gasteiger partial charge is 0.412 e. The Labute approximate surface area is 214 Å². The van der Waals surface area contributed by atoms with Gasteiger partial charge in [-0.2, -0.15) is 4.37 Å². The van der Waals surface area contributed by atoms with E-state index in [2.05, 4.69) is 46.1 Å². The van der Waals surface area contributed by atoms with E-state index in [0.717, 1.165) is 59.2 Å². The van der Waals surface area contributed by atoms with Crippen LogP contribution in [-0.2, 0) is 34.4 Å². The fraction of sp³-hybridized carbons (Fsp3) is 0.233. The maximum Gasteiger partial charge on any atom is 0.412 e. The molecule has 1 aromatic heterocycles. The van der Waals surface area contributed by atoms with E-state index in [-0.39, 0.29) is 12.0 Å². The number of rotatable bonds is 6. The zero-order valence-electron chi connectivity index (χ0n) is 20.0. The summed E-state index contributed by atoms with van der Waals surface area (Å²) in [7, 11) is 0. The zero-order valence-corrected chi connectivity index (χ0v) is 20.9. The van der Waals surface area contributed by atoms with Crippen molar-refractivity contribution in [2.24, 2.45) is 0 Å². The maximum atomic E-state index is 12.5. The van der Waals surface area contributed by atoms with Gasteiger partial charge in [-0.1, -0.05) is 60.7 Å². The quantitative estimate of drug-likeness (QED) is 0.297. The molecule has 1 heterocycles. The van der Waals surface area contributed by atoms with Crippen LogP contribution in [0.15, 0.2) is 66.7 Å². The largest absolute Gasteiger partial charge is 0.444 e. The molecule has 6 heteroatoms. The summed E-state index contributed by atoms with van der Waals surface area (Å²) >= 11 is 1.38. The van der Waals surface area contributed by atoms with Gasteiger partial charge in [0.05, 0.1) is 21.7 Å². The summed E-state index contributed by atoms with van der Waals surface area (Å²) < 4.78 is 9.93. The lowest BCUT2D eigenvalue weighted by molar-refractivity contribution is -0.109. The van der Waals surface area contributed by atoms with Gasteiger partial charge in [-0.3, -0.25) is 5.32 Å². The van der Waals surface area contributed by atoms with Crippen LogP contribution in [0.3, 0.4) is 0 Å². The highest BCUT2D eigenvalue weighted by molar-refractivity contribution is 7.10. The van der Waals surface area contributed by atoms with Crippen molar-refractivity contribution in [2.45, 2.75) is 44.6 Å². The Kier molecular flexibility index (Phi) is 5.69. The Balaban J connectivity index is 1.24. The lowest BCUT2D eigenvalue weighted by atomic mass is 9.82. The van der Waals surface area contributed by atoms with Gasteiger partial charge in [-0.25, -0.2) is 4.79 Å². The van der Waals surface area contributed by atoms with Gasteiger partial charge >= 0.3 is 6.09 Å². The van der Waals surface area contributed by atoms with Gasteiger partial charge in [0.15, 0.2) is 0 Å². The molecule has 0 bridgehead atoms. The van der Waals surface area contributed by atoms with Gasteiger partial charge in [0, 0.05) is 0 Å². The van der Waals surface area contributed by atoms with Crippen molar-refractivity contribution < 1.29 is 14.3 Å². The van der Waals surface area contributed by atoms with Crippen LogP contribution in [0.5, 0.6) is 0 Å². The zero-order chi connectivity index (χ0) is 24.7. The molecule has 0 aliphatic heterocycles. The summed E-state index contributed by atoms with van der Waals surface area (Å²) in [5.41, 5.74) is 9.45. The van der Waals surface area contributed by atoms with Gasteiger partial charge < -0.3 is 9.53 Å². The van der Waals surface area contributed by atoms with Crippen LogP contribution in [0.1, 0.15) is 40.8 Å². The molecule has 3 aromatic carbocycles. The van der Waals surface area contributed by atoms with E-state index < -0.39 is 6.09 Å². The predicted molar refractivity (Wildman–Crippen MR) is 142 cm³/mol. The molecule has 2 aliphatic carbocycles. The average Bonchev–Trinajstić information content (AvgIpc) is 3.65. The molecule has 0 atom stereocenters. The number of nitrogens with one attached hydrogen (secondary N) is 1. The Morgan fingerprint density at radius 3 is 2.47 bits per heavy atom. The lowest BCUT2D eigenvalue weighted by Gasteiger charge is -2.22. The van der Waals surface area contributed by atoms with Gasteiger partial charge in [0.2, 0.25) is 0 Å². The molecule has 0 spiro atoms. The number of aromatic nitrogens is 1. The second-order valence-corrected chi connectivity index (χ2v) is 10.5. The number of hydrogen-bond donors (Lipinski definition) is 1. The predicted octanol–water partition coefficient (Wildman–Crippen LogP) is 6.86. The van der Waals surface area contributed by atoms with E-state index in [9.17, 15) is 9.59 Å². The minimum absolute atomic E-state index is 0.215. The van der Waals surface area contributed by atoms with Crippen LogP contribution in [0.25, 0.3) is 21.6 Å². The highest BCUT2D eigenvalue weighted by atomic mass is 32.1. The first-order chi connectivity index (χ1) is 17.6. The number of carbonyl (C=O) groups is 2. The SMILES string of the molecule is Cc1nsc(-c2ccc3c(c2)CCc2cc(C4(C=O)CC4)ccc2-3)c1NC(=O)OCc1ccccc1. The summed E-state index contributed by atoms with van der Waals surface area (Å²) in [6.07, 6.45) is 4.44. The summed E-state index contributed by atoms with van der Waals surface area (Å²) in [5.74, 6) is 0. The maximum absolute atomic E-state index is 12.5. The molecule has 1 N–H and O–H groups in total. The Morgan fingerprint density at radius 1 is 1.03 bits per heavy atom. The molecular formula is C30H26N2O3S. The van der Waals surface area contributed by atoms with Crippen LogP contribution in [0.2, 0.25) is 0 Å². The molecule has 36 heavy (non-hydrogen) atoms. The van der Waals surface area contributed by atoms with E-state index in [4.69, 9.17) is 4.74 Å². The second kappa shape index (κ2) is 9.03. The number of benzene rings is 3. The third-order valence-corrected chi connectivity index (χ3v) is 8.31. The van der Waals surface area contributed by atoms with Crippen molar-refractivity contribution >= 4 is 29.6 Å². The van der Waals surface area contributed by atoms with Crippen LogP contribution in [0, 0.1) is 6.92 Å². The first kappa shape index (κ1) is 22.7. The van der Waals surface area contributed by atoms with Crippen LogP contribution in [0.4, 0.5) is 10.5 Å². The van der Waals surface area contributed by atoms with Crippen molar-refractivity contribution in [3.8, 4) is 21.6 Å². The number of nitrogens with zero attached hydrogens (tertiary/aromatic N) is 1. The third kappa shape index (κ3) is 4.11. The number of ether oxygens (including phenoxy) is 1. The standard InChI is InChI=1S/C30H26N2O3S/c1-19-27(31-29(34)35-17-20-5-3-2-4-6-20)28(36-32-19)23-9-11-25-21(15-23)7-8-22-16-24(10-12-26(22)25)30(18-33)13-14-30/h2-6,9-12,15-16,18H,7-8,13-14,17H2,1H3,(H,31,34). The number of amides is 1. The van der Waals surface area contributed by atoms with E-state index in [0.29, 0.717) is 5.69 Å². The van der Waals surface area contributed by atoms with Crippen molar-refractivity contribution in [1.82, 2.24) is 4.37 Å². The van der Waals surface area contributed by atoms with Gasteiger partial charge in [0.1, 0.15) is 12.9 Å². The molecule has 4 aromatic rings. The minimum Gasteiger partial charge on any atom is -0.444 e. The molecule has 0 unspecified atom stereocenters. The number of aldehydes is 1. The van der Waals surface area contributed by atoms with E-state index >= 15 is 0 Å². The summed E-state index contributed by atoms with van der Waals surface area (Å²) in [6, 6.07) is 22.6. The minimum atomic E-state index is -0.491. The van der Waals surface area contributed by atoms with Crippen molar-refractivity contribution in [3.05, 3.63) is 94.7 Å². The van der Waals surface area contributed by atoms with Crippen LogP contribution >= 0.6 is 11.5 Å². The monoisotopic (exact) mass is 494 g/mol.